The first-order valence-corrected chi connectivity index (χ1v) is 6.21. The van der Waals surface area contributed by atoms with Gasteiger partial charge in [0.25, 0.3) is 5.91 Å². The number of carbonyl (C=O) groups is 2. The van der Waals surface area contributed by atoms with E-state index in [9.17, 15) is 9.59 Å². The SMILES string of the molecule is CCN(C)C(=O)c1ccc2c(c1)CCN2C(C)=O. The summed E-state index contributed by atoms with van der Waals surface area (Å²) in [5.74, 6) is 0.0834. The van der Waals surface area contributed by atoms with Gasteiger partial charge in [-0.3, -0.25) is 9.59 Å². The van der Waals surface area contributed by atoms with Gasteiger partial charge in [-0.25, -0.2) is 0 Å². The third-order valence-corrected chi connectivity index (χ3v) is 3.42. The lowest BCUT2D eigenvalue weighted by Gasteiger charge is -2.17. The van der Waals surface area contributed by atoms with Gasteiger partial charge in [-0.05, 0) is 37.1 Å². The van der Waals surface area contributed by atoms with Gasteiger partial charge >= 0.3 is 0 Å². The van der Waals surface area contributed by atoms with Crippen molar-refractivity contribution in [2.45, 2.75) is 20.3 Å². The van der Waals surface area contributed by atoms with Gasteiger partial charge in [0.15, 0.2) is 0 Å². The fraction of sp³-hybridized carbons (Fsp3) is 0.429. The third kappa shape index (κ3) is 2.10. The molecule has 0 unspecified atom stereocenters. The predicted molar refractivity (Wildman–Crippen MR) is 70.8 cm³/mol. The Balaban J connectivity index is 2.30. The standard InChI is InChI=1S/C14H18N2O2/c1-4-15(3)14(18)12-5-6-13-11(9-12)7-8-16(13)10(2)17/h5-6,9H,4,7-8H2,1-3H3. The summed E-state index contributed by atoms with van der Waals surface area (Å²) in [5.41, 5.74) is 2.72. The van der Waals surface area contributed by atoms with Crippen LogP contribution in [0, 0.1) is 0 Å². The first-order valence-electron chi connectivity index (χ1n) is 6.21. The van der Waals surface area contributed by atoms with E-state index in [1.165, 1.54) is 0 Å². The van der Waals surface area contributed by atoms with E-state index < -0.39 is 0 Å². The van der Waals surface area contributed by atoms with E-state index in [1.54, 1.807) is 29.8 Å². The minimum absolute atomic E-state index is 0.0292. The molecule has 0 fully saturated rings. The molecule has 4 nitrogen and oxygen atoms in total. The quantitative estimate of drug-likeness (QED) is 0.796. The van der Waals surface area contributed by atoms with Gasteiger partial charge in [-0.1, -0.05) is 0 Å². The average molecular weight is 246 g/mol. The Morgan fingerprint density at radius 2 is 2.11 bits per heavy atom. The first-order chi connectivity index (χ1) is 8.54. The number of amides is 2. The van der Waals surface area contributed by atoms with Crippen molar-refractivity contribution in [3.8, 4) is 0 Å². The minimum atomic E-state index is 0.0292. The van der Waals surface area contributed by atoms with Crippen LogP contribution in [0.5, 0.6) is 0 Å². The Labute approximate surface area is 107 Å². The molecule has 0 atom stereocenters. The molecule has 1 aromatic rings. The minimum Gasteiger partial charge on any atom is -0.342 e. The van der Waals surface area contributed by atoms with Crippen LogP contribution in [0.1, 0.15) is 29.8 Å². The normalized spacial score (nSPS) is 13.4. The van der Waals surface area contributed by atoms with E-state index in [1.807, 2.05) is 19.1 Å². The summed E-state index contributed by atoms with van der Waals surface area (Å²) in [4.78, 5) is 26.9. The first kappa shape index (κ1) is 12.6. The number of nitrogens with zero attached hydrogens (tertiary/aromatic N) is 2. The van der Waals surface area contributed by atoms with Gasteiger partial charge in [-0.2, -0.15) is 0 Å². The number of fused-ring (bicyclic) bond motifs is 1. The molecule has 1 aliphatic heterocycles. The van der Waals surface area contributed by atoms with Crippen LogP contribution < -0.4 is 4.90 Å². The number of benzene rings is 1. The summed E-state index contributed by atoms with van der Waals surface area (Å²) in [7, 11) is 1.79. The lowest BCUT2D eigenvalue weighted by atomic mass is 10.1. The molecule has 0 saturated carbocycles. The molecule has 0 spiro atoms. The van der Waals surface area contributed by atoms with Crippen LogP contribution in [-0.2, 0) is 11.2 Å². The summed E-state index contributed by atoms with van der Waals surface area (Å²) < 4.78 is 0. The number of rotatable bonds is 2. The molecule has 0 radical (unpaired) electrons. The molecule has 96 valence electrons. The lowest BCUT2D eigenvalue weighted by Crippen LogP contribution is -2.26. The Kier molecular flexibility index (Phi) is 3.36. The maximum absolute atomic E-state index is 12.0. The van der Waals surface area contributed by atoms with E-state index >= 15 is 0 Å². The highest BCUT2D eigenvalue weighted by molar-refractivity contribution is 5.97. The molecule has 0 saturated heterocycles. The summed E-state index contributed by atoms with van der Waals surface area (Å²) in [6, 6.07) is 5.59. The smallest absolute Gasteiger partial charge is 0.253 e. The second-order valence-electron chi connectivity index (χ2n) is 4.58. The van der Waals surface area contributed by atoms with E-state index in [4.69, 9.17) is 0 Å². The van der Waals surface area contributed by atoms with Gasteiger partial charge in [-0.15, -0.1) is 0 Å². The predicted octanol–water partition coefficient (Wildman–Crippen LogP) is 1.69. The molecule has 1 aromatic carbocycles. The molecular weight excluding hydrogens is 228 g/mol. The highest BCUT2D eigenvalue weighted by atomic mass is 16.2. The van der Waals surface area contributed by atoms with Gasteiger partial charge in [0.05, 0.1) is 0 Å². The molecular formula is C14H18N2O2. The molecule has 4 heteroatoms. The van der Waals surface area contributed by atoms with Crippen LogP contribution in [0.2, 0.25) is 0 Å². The van der Waals surface area contributed by atoms with Crippen molar-refractivity contribution in [2.75, 3.05) is 25.0 Å². The van der Waals surface area contributed by atoms with Crippen molar-refractivity contribution >= 4 is 17.5 Å². The summed E-state index contributed by atoms with van der Waals surface area (Å²) in [6.07, 6.45) is 0.825. The largest absolute Gasteiger partial charge is 0.342 e. The zero-order chi connectivity index (χ0) is 13.3. The molecule has 2 rings (SSSR count). The molecule has 2 amide bonds. The third-order valence-electron chi connectivity index (χ3n) is 3.42. The number of hydrogen-bond acceptors (Lipinski definition) is 2. The molecule has 1 heterocycles. The van der Waals surface area contributed by atoms with Gasteiger partial charge in [0, 0.05) is 38.3 Å². The van der Waals surface area contributed by atoms with Gasteiger partial charge in [0.1, 0.15) is 0 Å². The topological polar surface area (TPSA) is 40.6 Å². The van der Waals surface area contributed by atoms with Crippen molar-refractivity contribution in [2.24, 2.45) is 0 Å². The van der Waals surface area contributed by atoms with E-state index in [0.29, 0.717) is 18.7 Å². The van der Waals surface area contributed by atoms with Crippen LogP contribution in [0.25, 0.3) is 0 Å². The molecule has 0 N–H and O–H groups in total. The Morgan fingerprint density at radius 3 is 2.72 bits per heavy atom. The highest BCUT2D eigenvalue weighted by Gasteiger charge is 2.23. The van der Waals surface area contributed by atoms with Gasteiger partial charge < -0.3 is 9.80 Å². The van der Waals surface area contributed by atoms with E-state index in [0.717, 1.165) is 17.7 Å². The average Bonchev–Trinajstić information content (AvgIpc) is 2.79. The lowest BCUT2D eigenvalue weighted by molar-refractivity contribution is -0.116. The second kappa shape index (κ2) is 4.80. The van der Waals surface area contributed by atoms with Crippen molar-refractivity contribution < 1.29 is 9.59 Å². The van der Waals surface area contributed by atoms with Crippen molar-refractivity contribution in [1.82, 2.24) is 4.90 Å². The summed E-state index contributed by atoms with van der Waals surface area (Å²) in [6.45, 7) is 4.92. The zero-order valence-corrected chi connectivity index (χ0v) is 11.1. The maximum Gasteiger partial charge on any atom is 0.253 e. The zero-order valence-electron chi connectivity index (χ0n) is 11.1. The van der Waals surface area contributed by atoms with Crippen LogP contribution in [0.3, 0.4) is 0 Å². The fourth-order valence-corrected chi connectivity index (χ4v) is 2.23. The highest BCUT2D eigenvalue weighted by Crippen LogP contribution is 2.29. The Morgan fingerprint density at radius 1 is 1.39 bits per heavy atom. The molecule has 0 bridgehead atoms. The molecule has 18 heavy (non-hydrogen) atoms. The number of hydrogen-bond donors (Lipinski definition) is 0. The van der Waals surface area contributed by atoms with Crippen LogP contribution in [0.4, 0.5) is 5.69 Å². The van der Waals surface area contributed by atoms with Crippen molar-refractivity contribution in [3.05, 3.63) is 29.3 Å². The van der Waals surface area contributed by atoms with Crippen molar-refractivity contribution in [3.63, 3.8) is 0 Å². The number of anilines is 1. The monoisotopic (exact) mass is 246 g/mol. The van der Waals surface area contributed by atoms with Gasteiger partial charge in [0.2, 0.25) is 5.91 Å². The maximum atomic E-state index is 12.0. The van der Waals surface area contributed by atoms with E-state index in [-0.39, 0.29) is 11.8 Å². The Hall–Kier alpha value is -1.84. The van der Waals surface area contributed by atoms with Crippen LogP contribution in [-0.4, -0.2) is 36.9 Å². The summed E-state index contributed by atoms with van der Waals surface area (Å²) >= 11 is 0. The Bertz CT molecular complexity index is 497. The van der Waals surface area contributed by atoms with Crippen LogP contribution >= 0.6 is 0 Å². The molecule has 0 aliphatic carbocycles. The second-order valence-corrected chi connectivity index (χ2v) is 4.58. The number of carbonyl (C=O) groups excluding carboxylic acids is 2. The van der Waals surface area contributed by atoms with Crippen molar-refractivity contribution in [1.29, 1.82) is 0 Å². The molecule has 0 aromatic heterocycles. The van der Waals surface area contributed by atoms with Crippen LogP contribution in [0.15, 0.2) is 18.2 Å². The fourth-order valence-electron chi connectivity index (χ4n) is 2.23. The van der Waals surface area contributed by atoms with E-state index in [2.05, 4.69) is 0 Å². The molecule has 1 aliphatic rings. The summed E-state index contributed by atoms with van der Waals surface area (Å²) in [5, 5.41) is 0.